The summed E-state index contributed by atoms with van der Waals surface area (Å²) in [6, 6.07) is 7.21. The molecule has 1 aliphatic rings. The average Bonchev–Trinajstić information content (AvgIpc) is 2.46. The number of ether oxygens (including phenoxy) is 1. The summed E-state index contributed by atoms with van der Waals surface area (Å²) in [6.45, 7) is 0.569. The fourth-order valence-corrected chi connectivity index (χ4v) is 2.72. The van der Waals surface area contributed by atoms with E-state index in [9.17, 15) is 13.2 Å². The molecule has 1 aromatic rings. The van der Waals surface area contributed by atoms with E-state index in [1.807, 2.05) is 12.1 Å². The Balaban J connectivity index is 2.05. The standard InChI is InChI=1S/C14H19NO5S/c1-19-13-6-4-12(5-7-13)15-9-11(3-8-14(15)16)10-20-21(2,17)18/h4-7,11H,3,8-10H2,1-2H3. The fourth-order valence-electron chi connectivity index (χ4n) is 2.28. The summed E-state index contributed by atoms with van der Waals surface area (Å²) < 4.78 is 32.0. The fraction of sp³-hybridized carbons (Fsp3) is 0.500. The van der Waals surface area contributed by atoms with Crippen LogP contribution >= 0.6 is 0 Å². The first-order valence-electron chi connectivity index (χ1n) is 6.68. The lowest BCUT2D eigenvalue weighted by atomic mass is 9.98. The number of amides is 1. The first-order valence-corrected chi connectivity index (χ1v) is 8.49. The normalized spacial score (nSPS) is 19.6. The van der Waals surface area contributed by atoms with Crippen molar-refractivity contribution in [2.24, 2.45) is 5.92 Å². The van der Waals surface area contributed by atoms with E-state index in [1.165, 1.54) is 0 Å². The first kappa shape index (κ1) is 15.8. The minimum Gasteiger partial charge on any atom is -0.497 e. The van der Waals surface area contributed by atoms with Gasteiger partial charge in [0.1, 0.15) is 5.75 Å². The topological polar surface area (TPSA) is 72.9 Å². The quantitative estimate of drug-likeness (QED) is 0.769. The molecule has 0 aliphatic carbocycles. The third-order valence-corrected chi connectivity index (χ3v) is 3.97. The summed E-state index contributed by atoms with van der Waals surface area (Å²) in [7, 11) is -1.87. The Kier molecular flexibility index (Phi) is 4.84. The highest BCUT2D eigenvalue weighted by Gasteiger charge is 2.27. The van der Waals surface area contributed by atoms with Gasteiger partial charge in [-0.1, -0.05) is 0 Å². The van der Waals surface area contributed by atoms with Gasteiger partial charge in [-0.3, -0.25) is 8.98 Å². The lowest BCUT2D eigenvalue weighted by Crippen LogP contribution is -2.41. The van der Waals surface area contributed by atoms with Gasteiger partial charge in [-0.05, 0) is 30.7 Å². The minimum absolute atomic E-state index is 0.0135. The molecule has 0 bridgehead atoms. The number of nitrogens with zero attached hydrogens (tertiary/aromatic N) is 1. The van der Waals surface area contributed by atoms with Crippen LogP contribution in [0.4, 0.5) is 5.69 Å². The third-order valence-electron chi connectivity index (χ3n) is 3.41. The summed E-state index contributed by atoms with van der Waals surface area (Å²) in [4.78, 5) is 13.7. The van der Waals surface area contributed by atoms with Gasteiger partial charge < -0.3 is 9.64 Å². The molecule has 1 saturated heterocycles. The molecule has 0 spiro atoms. The predicted octanol–water partition coefficient (Wildman–Crippen LogP) is 1.41. The van der Waals surface area contributed by atoms with Crippen molar-refractivity contribution in [1.82, 2.24) is 0 Å². The maximum Gasteiger partial charge on any atom is 0.264 e. The molecule has 1 aromatic carbocycles. The summed E-state index contributed by atoms with van der Waals surface area (Å²) >= 11 is 0. The highest BCUT2D eigenvalue weighted by Crippen LogP contribution is 2.26. The van der Waals surface area contributed by atoms with E-state index in [0.717, 1.165) is 17.7 Å². The van der Waals surface area contributed by atoms with Crippen LogP contribution < -0.4 is 9.64 Å². The Labute approximate surface area is 124 Å². The number of piperidine rings is 1. The van der Waals surface area contributed by atoms with Crippen molar-refractivity contribution in [1.29, 1.82) is 0 Å². The number of carbonyl (C=O) groups excluding carboxylic acids is 1. The average molecular weight is 313 g/mol. The molecule has 1 heterocycles. The number of carbonyl (C=O) groups is 1. The highest BCUT2D eigenvalue weighted by molar-refractivity contribution is 7.85. The van der Waals surface area contributed by atoms with Crippen molar-refractivity contribution in [3.05, 3.63) is 24.3 Å². The van der Waals surface area contributed by atoms with E-state index < -0.39 is 10.1 Å². The van der Waals surface area contributed by atoms with Gasteiger partial charge in [0.2, 0.25) is 5.91 Å². The number of benzene rings is 1. The molecule has 0 saturated carbocycles. The van der Waals surface area contributed by atoms with E-state index in [2.05, 4.69) is 0 Å². The van der Waals surface area contributed by atoms with E-state index in [1.54, 1.807) is 24.1 Å². The largest absolute Gasteiger partial charge is 0.497 e. The number of methoxy groups -OCH3 is 1. The Morgan fingerprint density at radius 1 is 1.29 bits per heavy atom. The van der Waals surface area contributed by atoms with E-state index in [-0.39, 0.29) is 18.4 Å². The van der Waals surface area contributed by atoms with Gasteiger partial charge in [-0.25, -0.2) is 0 Å². The molecular formula is C14H19NO5S. The van der Waals surface area contributed by atoms with Crippen LogP contribution in [0.3, 0.4) is 0 Å². The van der Waals surface area contributed by atoms with Crippen molar-refractivity contribution in [3.8, 4) is 5.75 Å². The van der Waals surface area contributed by atoms with E-state index >= 15 is 0 Å². The molecular weight excluding hydrogens is 294 g/mol. The Morgan fingerprint density at radius 3 is 2.52 bits per heavy atom. The molecule has 0 N–H and O–H groups in total. The van der Waals surface area contributed by atoms with Crippen LogP contribution in [0.1, 0.15) is 12.8 Å². The van der Waals surface area contributed by atoms with Gasteiger partial charge in [0, 0.05) is 24.6 Å². The SMILES string of the molecule is COc1ccc(N2CC(COS(C)(=O)=O)CCC2=O)cc1. The zero-order valence-electron chi connectivity index (χ0n) is 12.1. The molecule has 1 amide bonds. The maximum absolute atomic E-state index is 12.0. The third kappa shape index (κ3) is 4.44. The minimum atomic E-state index is -3.45. The van der Waals surface area contributed by atoms with Crippen LogP contribution in [0.5, 0.6) is 5.75 Å². The molecule has 0 aromatic heterocycles. The molecule has 1 fully saturated rings. The molecule has 116 valence electrons. The number of hydrogen-bond donors (Lipinski definition) is 0. The summed E-state index contributed by atoms with van der Waals surface area (Å²) in [6.07, 6.45) is 2.06. The Bertz CT molecular complexity index is 596. The van der Waals surface area contributed by atoms with Gasteiger partial charge in [0.25, 0.3) is 10.1 Å². The second-order valence-corrected chi connectivity index (χ2v) is 6.74. The van der Waals surface area contributed by atoms with E-state index in [0.29, 0.717) is 19.4 Å². The monoisotopic (exact) mass is 313 g/mol. The smallest absolute Gasteiger partial charge is 0.264 e. The molecule has 1 unspecified atom stereocenters. The predicted molar refractivity (Wildman–Crippen MR) is 78.9 cm³/mol. The molecule has 0 radical (unpaired) electrons. The van der Waals surface area contributed by atoms with Gasteiger partial charge in [0.15, 0.2) is 0 Å². The van der Waals surface area contributed by atoms with Crippen LogP contribution in [0.15, 0.2) is 24.3 Å². The Morgan fingerprint density at radius 2 is 1.95 bits per heavy atom. The van der Waals surface area contributed by atoms with Crippen molar-refractivity contribution in [2.75, 3.05) is 31.4 Å². The zero-order chi connectivity index (χ0) is 15.5. The van der Waals surface area contributed by atoms with Gasteiger partial charge >= 0.3 is 0 Å². The summed E-state index contributed by atoms with van der Waals surface area (Å²) in [5.41, 5.74) is 0.782. The Hall–Kier alpha value is -1.60. The number of anilines is 1. The molecule has 2 rings (SSSR count). The molecule has 1 aliphatic heterocycles. The van der Waals surface area contributed by atoms with Crippen molar-refractivity contribution in [3.63, 3.8) is 0 Å². The molecule has 6 nitrogen and oxygen atoms in total. The highest BCUT2D eigenvalue weighted by atomic mass is 32.2. The molecule has 1 atom stereocenters. The van der Waals surface area contributed by atoms with Crippen molar-refractivity contribution < 1.29 is 22.1 Å². The lowest BCUT2D eigenvalue weighted by molar-refractivity contribution is -0.120. The van der Waals surface area contributed by atoms with Crippen LogP contribution in [0.25, 0.3) is 0 Å². The number of hydrogen-bond acceptors (Lipinski definition) is 5. The maximum atomic E-state index is 12.0. The van der Waals surface area contributed by atoms with Crippen molar-refractivity contribution >= 4 is 21.7 Å². The van der Waals surface area contributed by atoms with Crippen LogP contribution in [0, 0.1) is 5.92 Å². The van der Waals surface area contributed by atoms with Crippen molar-refractivity contribution in [2.45, 2.75) is 12.8 Å². The van der Waals surface area contributed by atoms with Gasteiger partial charge in [0.05, 0.1) is 20.0 Å². The summed E-state index contributed by atoms with van der Waals surface area (Å²) in [5, 5.41) is 0. The second kappa shape index (κ2) is 6.44. The van der Waals surface area contributed by atoms with Crippen LogP contribution in [0.2, 0.25) is 0 Å². The van der Waals surface area contributed by atoms with E-state index in [4.69, 9.17) is 8.92 Å². The first-order chi connectivity index (χ1) is 9.89. The molecule has 21 heavy (non-hydrogen) atoms. The van der Waals surface area contributed by atoms with Gasteiger partial charge in [-0.15, -0.1) is 0 Å². The number of rotatable bonds is 5. The van der Waals surface area contributed by atoms with Crippen LogP contribution in [-0.4, -0.2) is 40.8 Å². The lowest BCUT2D eigenvalue weighted by Gasteiger charge is -2.32. The summed E-state index contributed by atoms with van der Waals surface area (Å²) in [5.74, 6) is 0.774. The van der Waals surface area contributed by atoms with Crippen LogP contribution in [-0.2, 0) is 19.1 Å². The zero-order valence-corrected chi connectivity index (χ0v) is 12.9. The van der Waals surface area contributed by atoms with Gasteiger partial charge in [-0.2, -0.15) is 8.42 Å². The second-order valence-electron chi connectivity index (χ2n) is 5.10. The molecule has 7 heteroatoms.